The third-order valence-corrected chi connectivity index (χ3v) is 8.32. The number of hydrogen-bond donors (Lipinski definition) is 5. The third kappa shape index (κ3) is 2.83. The first kappa shape index (κ1) is 17.4. The van der Waals surface area contributed by atoms with Crippen LogP contribution in [-0.2, 0) is 14.6 Å². The van der Waals surface area contributed by atoms with Crippen LogP contribution in [0, 0.1) is 0 Å². The lowest BCUT2D eigenvalue weighted by Crippen LogP contribution is -2.71. The Morgan fingerprint density at radius 3 is 2.48 bits per heavy atom. The van der Waals surface area contributed by atoms with Gasteiger partial charge in [0.25, 0.3) is 5.12 Å². The van der Waals surface area contributed by atoms with Gasteiger partial charge in [-0.2, -0.15) is 0 Å². The van der Waals surface area contributed by atoms with Gasteiger partial charge in [-0.3, -0.25) is 0 Å². The van der Waals surface area contributed by atoms with E-state index < -0.39 is 50.5 Å². The smallest absolute Gasteiger partial charge is 0.291 e. The Balaban J connectivity index is 2.33. The second-order valence-electron chi connectivity index (χ2n) is 5.32. The summed E-state index contributed by atoms with van der Waals surface area (Å²) in [5.74, 6) is 0.643. The summed E-state index contributed by atoms with van der Waals surface area (Å²) < 4.78 is 29.4. The van der Waals surface area contributed by atoms with Crippen molar-refractivity contribution in [3.63, 3.8) is 0 Å². The number of hydrogen-bond acceptors (Lipinski definition) is 9. The maximum absolute atomic E-state index is 12.6. The maximum Gasteiger partial charge on any atom is 0.291 e. The SMILES string of the molecule is N[C@@H]1[C@@H](O)[C@@H](O)[C@@H](CO)OC1(O)S(=O)(=O)C1CCCCS1. The van der Waals surface area contributed by atoms with E-state index in [0.717, 1.165) is 6.42 Å². The van der Waals surface area contributed by atoms with Crippen molar-refractivity contribution in [1.29, 1.82) is 0 Å². The van der Waals surface area contributed by atoms with Crippen LogP contribution in [0.3, 0.4) is 0 Å². The summed E-state index contributed by atoms with van der Waals surface area (Å²) in [6.45, 7) is -0.749. The lowest BCUT2D eigenvalue weighted by atomic mass is 9.98. The second kappa shape index (κ2) is 6.28. The van der Waals surface area contributed by atoms with E-state index in [0.29, 0.717) is 18.6 Å². The molecule has 0 aliphatic carbocycles. The molecule has 0 aromatic heterocycles. The molecule has 2 fully saturated rings. The van der Waals surface area contributed by atoms with Crippen molar-refractivity contribution in [3.8, 4) is 0 Å². The van der Waals surface area contributed by atoms with Crippen LogP contribution in [0.5, 0.6) is 0 Å². The number of aliphatic hydroxyl groups excluding tert-OH is 3. The molecular weight excluding hydrogens is 322 g/mol. The molecule has 0 bridgehead atoms. The van der Waals surface area contributed by atoms with Crippen molar-refractivity contribution in [1.82, 2.24) is 0 Å². The fraction of sp³-hybridized carbons (Fsp3) is 1.00. The highest BCUT2D eigenvalue weighted by molar-refractivity contribution is 8.13. The van der Waals surface area contributed by atoms with E-state index in [1.54, 1.807) is 0 Å². The van der Waals surface area contributed by atoms with Crippen LogP contribution in [0.1, 0.15) is 19.3 Å². The Kier molecular flexibility index (Phi) is 5.21. The molecule has 2 unspecified atom stereocenters. The highest BCUT2D eigenvalue weighted by Crippen LogP contribution is 2.39. The summed E-state index contributed by atoms with van der Waals surface area (Å²) in [6, 6.07) is -1.72. The Hall–Kier alpha value is 0.0600. The summed E-state index contributed by atoms with van der Waals surface area (Å²) in [5, 5.41) is 36.3. The zero-order valence-electron chi connectivity index (χ0n) is 11.3. The molecular formula is C11H21NO7S2. The first-order valence-electron chi connectivity index (χ1n) is 6.73. The quantitative estimate of drug-likeness (QED) is 0.382. The van der Waals surface area contributed by atoms with Gasteiger partial charge < -0.3 is 30.9 Å². The van der Waals surface area contributed by atoms with Crippen molar-refractivity contribution in [3.05, 3.63) is 0 Å². The predicted molar refractivity (Wildman–Crippen MR) is 75.9 cm³/mol. The van der Waals surface area contributed by atoms with E-state index in [1.165, 1.54) is 11.8 Å². The van der Waals surface area contributed by atoms with Gasteiger partial charge in [0.15, 0.2) is 0 Å². The lowest BCUT2D eigenvalue weighted by Gasteiger charge is -2.46. The molecule has 6 atom stereocenters. The molecule has 2 saturated heterocycles. The summed E-state index contributed by atoms with van der Waals surface area (Å²) in [4.78, 5) is 0. The second-order valence-corrected chi connectivity index (χ2v) is 9.17. The van der Waals surface area contributed by atoms with Gasteiger partial charge in [0.1, 0.15) is 28.9 Å². The first-order chi connectivity index (χ1) is 9.75. The largest absolute Gasteiger partial charge is 0.394 e. The van der Waals surface area contributed by atoms with Crippen molar-refractivity contribution >= 4 is 21.6 Å². The van der Waals surface area contributed by atoms with E-state index >= 15 is 0 Å². The molecule has 124 valence electrons. The highest BCUT2D eigenvalue weighted by atomic mass is 32.3. The standard InChI is InChI=1S/C11H21NO7S2/c12-10-9(15)8(14)6(5-13)19-11(10,16)21(17,18)7-3-1-2-4-20-7/h6-10,13-16H,1-5,12H2/t6-,7?,8+,9+,10-,11?/m1/s1. The van der Waals surface area contributed by atoms with Gasteiger partial charge in [0, 0.05) is 0 Å². The molecule has 10 heteroatoms. The average Bonchev–Trinajstić information content (AvgIpc) is 2.49. The van der Waals surface area contributed by atoms with Crippen molar-refractivity contribution in [2.75, 3.05) is 12.4 Å². The lowest BCUT2D eigenvalue weighted by molar-refractivity contribution is -0.272. The van der Waals surface area contributed by atoms with Crippen LogP contribution in [0.2, 0.25) is 0 Å². The molecule has 2 heterocycles. The molecule has 0 aromatic rings. The molecule has 2 aliphatic heterocycles. The van der Waals surface area contributed by atoms with Crippen molar-refractivity contribution < 1.29 is 33.6 Å². The fourth-order valence-corrected chi connectivity index (χ4v) is 6.58. The monoisotopic (exact) mass is 343 g/mol. The van der Waals surface area contributed by atoms with Crippen molar-refractivity contribution in [2.24, 2.45) is 5.73 Å². The zero-order valence-corrected chi connectivity index (χ0v) is 13.0. The summed E-state index contributed by atoms with van der Waals surface area (Å²) >= 11 is 1.19. The zero-order chi connectivity index (χ0) is 15.8. The summed E-state index contributed by atoms with van der Waals surface area (Å²) in [5.41, 5.74) is 5.60. The Morgan fingerprint density at radius 1 is 1.29 bits per heavy atom. The highest BCUT2D eigenvalue weighted by Gasteiger charge is 2.61. The van der Waals surface area contributed by atoms with Crippen molar-refractivity contribution in [2.45, 2.75) is 53.3 Å². The van der Waals surface area contributed by atoms with Gasteiger partial charge >= 0.3 is 0 Å². The normalized spacial score (nSPS) is 45.5. The van der Waals surface area contributed by atoms with Crippen LogP contribution in [-0.4, -0.2) is 75.3 Å². The average molecular weight is 343 g/mol. The molecule has 0 saturated carbocycles. The van der Waals surface area contributed by atoms with Gasteiger partial charge in [-0.05, 0) is 18.6 Å². The molecule has 0 amide bonds. The van der Waals surface area contributed by atoms with Crippen LogP contribution in [0.15, 0.2) is 0 Å². The number of rotatable bonds is 3. The minimum atomic E-state index is -4.24. The van der Waals surface area contributed by atoms with Crippen LogP contribution < -0.4 is 5.73 Å². The Labute approximate surface area is 127 Å². The molecule has 2 rings (SSSR count). The van der Waals surface area contributed by atoms with Gasteiger partial charge in [0.2, 0.25) is 9.84 Å². The molecule has 0 aromatic carbocycles. The van der Waals surface area contributed by atoms with Gasteiger partial charge in [-0.1, -0.05) is 6.42 Å². The minimum absolute atomic E-state index is 0.355. The number of aliphatic hydroxyl groups is 4. The number of thioether (sulfide) groups is 1. The van der Waals surface area contributed by atoms with Crippen LogP contribution in [0.25, 0.3) is 0 Å². The summed E-state index contributed by atoms with van der Waals surface area (Å²) in [6.07, 6.45) is -2.76. The Bertz CT molecular complexity index is 465. The first-order valence-corrected chi connectivity index (χ1v) is 9.33. The fourth-order valence-electron chi connectivity index (χ4n) is 2.56. The number of nitrogens with two attached hydrogens (primary N) is 1. The van der Waals surface area contributed by atoms with E-state index in [-0.39, 0.29) is 0 Å². The summed E-state index contributed by atoms with van der Waals surface area (Å²) in [7, 11) is -4.24. The van der Waals surface area contributed by atoms with Crippen LogP contribution in [0.4, 0.5) is 0 Å². The number of ether oxygens (including phenoxy) is 1. The van der Waals surface area contributed by atoms with Gasteiger partial charge in [-0.15, -0.1) is 11.8 Å². The molecule has 8 nitrogen and oxygen atoms in total. The minimum Gasteiger partial charge on any atom is -0.394 e. The molecule has 21 heavy (non-hydrogen) atoms. The van der Waals surface area contributed by atoms with Gasteiger partial charge in [-0.25, -0.2) is 8.42 Å². The molecule has 2 aliphatic rings. The molecule has 0 radical (unpaired) electrons. The van der Waals surface area contributed by atoms with E-state index in [1.807, 2.05) is 0 Å². The molecule has 0 spiro atoms. The third-order valence-electron chi connectivity index (χ3n) is 3.91. The van der Waals surface area contributed by atoms with Crippen LogP contribution >= 0.6 is 11.8 Å². The maximum atomic E-state index is 12.6. The topological polar surface area (TPSA) is 150 Å². The molecule has 6 N–H and O–H groups in total. The predicted octanol–water partition coefficient (Wildman–Crippen LogP) is -2.27. The van der Waals surface area contributed by atoms with E-state index in [4.69, 9.17) is 15.6 Å². The van der Waals surface area contributed by atoms with E-state index in [9.17, 15) is 23.7 Å². The van der Waals surface area contributed by atoms with E-state index in [2.05, 4.69) is 0 Å². The Morgan fingerprint density at radius 2 is 1.95 bits per heavy atom. The van der Waals surface area contributed by atoms with Gasteiger partial charge in [0.05, 0.1) is 6.61 Å². The number of sulfone groups is 1.